The molecule has 0 aromatic heterocycles. The van der Waals surface area contributed by atoms with E-state index in [9.17, 15) is 16.8 Å². The van der Waals surface area contributed by atoms with Gasteiger partial charge in [0.05, 0.1) is 12.0 Å². The summed E-state index contributed by atoms with van der Waals surface area (Å²) in [6, 6.07) is 14.5. The van der Waals surface area contributed by atoms with E-state index in [0.717, 1.165) is 0 Å². The van der Waals surface area contributed by atoms with Gasteiger partial charge in [-0.1, -0.05) is 37.3 Å². The van der Waals surface area contributed by atoms with Crippen LogP contribution in [0.2, 0.25) is 0 Å². The van der Waals surface area contributed by atoms with Crippen molar-refractivity contribution >= 4 is 20.0 Å². The molecule has 0 heterocycles. The Kier molecular flexibility index (Phi) is 6.76. The van der Waals surface area contributed by atoms with Crippen molar-refractivity contribution in [2.45, 2.75) is 17.1 Å². The maximum Gasteiger partial charge on any atom is 0.276 e. The maximum atomic E-state index is 13.1. The van der Waals surface area contributed by atoms with Crippen molar-refractivity contribution in [1.29, 1.82) is 0 Å². The number of nitrogens with one attached hydrogen (secondary N) is 2. The quantitative estimate of drug-likeness (QED) is 0.669. The monoisotopic (exact) mass is 398 g/mol. The first-order chi connectivity index (χ1) is 12.3. The van der Waals surface area contributed by atoms with Gasteiger partial charge in [-0.2, -0.15) is 8.42 Å². The number of sulfone groups is 1. The van der Waals surface area contributed by atoms with Crippen LogP contribution in [-0.2, 0) is 20.0 Å². The van der Waals surface area contributed by atoms with Gasteiger partial charge in [-0.15, -0.1) is 0 Å². The molecule has 2 rings (SSSR count). The van der Waals surface area contributed by atoms with E-state index in [1.807, 2.05) is 0 Å². The number of benzene rings is 2. The zero-order chi connectivity index (χ0) is 19.2. The van der Waals surface area contributed by atoms with Crippen molar-refractivity contribution in [3.8, 4) is 5.75 Å². The van der Waals surface area contributed by atoms with E-state index >= 15 is 0 Å². The molecule has 0 spiro atoms. The Morgan fingerprint density at radius 2 is 1.54 bits per heavy atom. The fourth-order valence-electron chi connectivity index (χ4n) is 2.43. The Labute approximate surface area is 154 Å². The van der Waals surface area contributed by atoms with Crippen molar-refractivity contribution in [3.05, 3.63) is 60.2 Å². The van der Waals surface area contributed by atoms with Crippen LogP contribution in [0.15, 0.2) is 59.5 Å². The van der Waals surface area contributed by atoms with E-state index in [-0.39, 0.29) is 18.0 Å². The molecule has 2 aromatic rings. The summed E-state index contributed by atoms with van der Waals surface area (Å²) in [5, 5.41) is -1.06. The highest BCUT2D eigenvalue weighted by Gasteiger charge is 2.30. The first-order valence-corrected chi connectivity index (χ1v) is 11.0. The highest BCUT2D eigenvalue weighted by atomic mass is 32.2. The molecule has 0 radical (unpaired) electrons. The van der Waals surface area contributed by atoms with Crippen LogP contribution in [0.5, 0.6) is 5.75 Å². The minimum absolute atomic E-state index is 0.0924. The second-order valence-corrected chi connectivity index (χ2v) is 9.18. The van der Waals surface area contributed by atoms with E-state index < -0.39 is 25.3 Å². The summed E-state index contributed by atoms with van der Waals surface area (Å²) in [7, 11) is -6.11. The lowest BCUT2D eigenvalue weighted by Gasteiger charge is -2.19. The third kappa shape index (κ3) is 5.04. The lowest BCUT2D eigenvalue weighted by atomic mass is 10.1. The van der Waals surface area contributed by atoms with E-state index in [1.165, 1.54) is 19.2 Å². The Bertz CT molecular complexity index is 911. The summed E-state index contributed by atoms with van der Waals surface area (Å²) in [4.78, 5) is 0.0924. The van der Waals surface area contributed by atoms with Gasteiger partial charge in [0.25, 0.3) is 10.2 Å². The molecule has 7 nitrogen and oxygen atoms in total. The summed E-state index contributed by atoms with van der Waals surface area (Å²) in [5.41, 5.74) is 0.502. The molecule has 2 aromatic carbocycles. The smallest absolute Gasteiger partial charge is 0.276 e. The van der Waals surface area contributed by atoms with Gasteiger partial charge in [0.2, 0.25) is 0 Å². The number of rotatable bonds is 9. The van der Waals surface area contributed by atoms with Crippen molar-refractivity contribution in [1.82, 2.24) is 9.44 Å². The molecule has 1 atom stereocenters. The van der Waals surface area contributed by atoms with Gasteiger partial charge < -0.3 is 4.74 Å². The van der Waals surface area contributed by atoms with Gasteiger partial charge in [0.1, 0.15) is 11.0 Å². The average Bonchev–Trinajstić information content (AvgIpc) is 2.62. The molecule has 0 aliphatic heterocycles. The summed E-state index contributed by atoms with van der Waals surface area (Å²) < 4.78 is 59.6. The predicted molar refractivity (Wildman–Crippen MR) is 100.0 cm³/mol. The molecule has 0 fully saturated rings. The lowest BCUT2D eigenvalue weighted by Crippen LogP contribution is -2.39. The van der Waals surface area contributed by atoms with Crippen LogP contribution in [0, 0.1) is 0 Å². The van der Waals surface area contributed by atoms with Crippen LogP contribution < -0.4 is 14.2 Å². The van der Waals surface area contributed by atoms with Crippen LogP contribution in [0.3, 0.4) is 0 Å². The standard InChI is InChI=1S/C17H22N2O5S2/c1-3-18-26(22,23)19-13-17(14-7-5-4-6-8-14)25(20,21)16-11-9-15(24-2)10-12-16/h4-12,17-19H,3,13H2,1-2H3. The maximum absolute atomic E-state index is 13.1. The number of ether oxygens (including phenoxy) is 1. The molecule has 2 N–H and O–H groups in total. The zero-order valence-corrected chi connectivity index (χ0v) is 16.2. The molecule has 9 heteroatoms. The Morgan fingerprint density at radius 1 is 0.923 bits per heavy atom. The molecule has 0 saturated carbocycles. The van der Waals surface area contributed by atoms with Gasteiger partial charge in [-0.3, -0.25) is 0 Å². The summed E-state index contributed by atoms with van der Waals surface area (Å²) in [6.45, 7) is 1.56. The summed E-state index contributed by atoms with van der Waals surface area (Å²) in [5.74, 6) is 0.535. The second kappa shape index (κ2) is 8.63. The van der Waals surface area contributed by atoms with Crippen molar-refractivity contribution in [2.24, 2.45) is 0 Å². The lowest BCUT2D eigenvalue weighted by molar-refractivity contribution is 0.414. The molecular formula is C17H22N2O5S2. The van der Waals surface area contributed by atoms with Crippen LogP contribution in [0.25, 0.3) is 0 Å². The van der Waals surface area contributed by atoms with Crippen LogP contribution in [-0.4, -0.2) is 37.0 Å². The fraction of sp³-hybridized carbons (Fsp3) is 0.294. The fourth-order valence-corrected chi connectivity index (χ4v) is 5.07. The zero-order valence-electron chi connectivity index (χ0n) is 14.5. The summed E-state index contributed by atoms with van der Waals surface area (Å²) >= 11 is 0. The van der Waals surface area contributed by atoms with Crippen molar-refractivity contribution < 1.29 is 21.6 Å². The highest BCUT2D eigenvalue weighted by Crippen LogP contribution is 2.29. The van der Waals surface area contributed by atoms with Crippen molar-refractivity contribution in [2.75, 3.05) is 20.2 Å². The third-order valence-corrected chi connectivity index (χ3v) is 7.06. The Morgan fingerprint density at radius 3 is 2.08 bits per heavy atom. The molecule has 0 amide bonds. The van der Waals surface area contributed by atoms with Crippen molar-refractivity contribution in [3.63, 3.8) is 0 Å². The van der Waals surface area contributed by atoms with E-state index in [4.69, 9.17) is 4.74 Å². The largest absolute Gasteiger partial charge is 0.497 e. The average molecular weight is 399 g/mol. The van der Waals surface area contributed by atoms with Gasteiger partial charge in [0.15, 0.2) is 9.84 Å². The van der Waals surface area contributed by atoms with Crippen LogP contribution in [0.4, 0.5) is 0 Å². The molecule has 142 valence electrons. The molecule has 26 heavy (non-hydrogen) atoms. The minimum Gasteiger partial charge on any atom is -0.497 e. The third-order valence-electron chi connectivity index (χ3n) is 3.73. The molecule has 0 aliphatic carbocycles. The van der Waals surface area contributed by atoms with Crippen LogP contribution >= 0.6 is 0 Å². The van der Waals surface area contributed by atoms with E-state index in [1.54, 1.807) is 49.4 Å². The molecule has 1 unspecified atom stereocenters. The second-order valence-electron chi connectivity index (χ2n) is 5.47. The first-order valence-electron chi connectivity index (χ1n) is 7.97. The molecular weight excluding hydrogens is 376 g/mol. The highest BCUT2D eigenvalue weighted by molar-refractivity contribution is 7.92. The van der Waals surface area contributed by atoms with Gasteiger partial charge in [0, 0.05) is 13.1 Å². The van der Waals surface area contributed by atoms with E-state index in [2.05, 4.69) is 9.44 Å². The van der Waals surface area contributed by atoms with Gasteiger partial charge >= 0.3 is 0 Å². The number of methoxy groups -OCH3 is 1. The minimum atomic E-state index is -3.83. The Balaban J connectivity index is 2.39. The SMILES string of the molecule is CCNS(=O)(=O)NCC(c1ccccc1)S(=O)(=O)c1ccc(OC)cc1. The summed E-state index contributed by atoms with van der Waals surface area (Å²) in [6.07, 6.45) is 0. The normalized spacial score (nSPS) is 13.3. The predicted octanol–water partition coefficient (Wildman–Crippen LogP) is 1.65. The molecule has 0 bridgehead atoms. The van der Waals surface area contributed by atoms with Gasteiger partial charge in [-0.05, 0) is 29.8 Å². The number of hydrogen-bond acceptors (Lipinski definition) is 5. The topological polar surface area (TPSA) is 102 Å². The van der Waals surface area contributed by atoms with E-state index in [0.29, 0.717) is 11.3 Å². The Hall–Kier alpha value is -1.94. The molecule has 0 saturated heterocycles. The number of hydrogen-bond donors (Lipinski definition) is 2. The van der Waals surface area contributed by atoms with Gasteiger partial charge in [-0.25, -0.2) is 17.9 Å². The molecule has 0 aliphatic rings. The van der Waals surface area contributed by atoms with Crippen LogP contribution in [0.1, 0.15) is 17.7 Å². The first kappa shape index (κ1) is 20.4.